The van der Waals surface area contributed by atoms with E-state index in [1.54, 1.807) is 26.4 Å². The molecule has 0 saturated carbocycles. The second kappa shape index (κ2) is 7.07. The van der Waals surface area contributed by atoms with E-state index in [0.29, 0.717) is 24.2 Å². The largest absolute Gasteiger partial charge is 0.497 e. The highest BCUT2D eigenvalue weighted by molar-refractivity contribution is 5.98. The van der Waals surface area contributed by atoms with Crippen molar-refractivity contribution >= 4 is 22.5 Å². The van der Waals surface area contributed by atoms with Gasteiger partial charge in [-0.2, -0.15) is 0 Å². The molecular formula is C21H24N4O3. The fourth-order valence-corrected chi connectivity index (χ4v) is 3.76. The first kappa shape index (κ1) is 18.2. The van der Waals surface area contributed by atoms with E-state index in [9.17, 15) is 9.59 Å². The third-order valence-corrected chi connectivity index (χ3v) is 5.51. The van der Waals surface area contributed by atoms with Crippen LogP contribution >= 0.6 is 0 Å². The molecule has 0 N–H and O–H groups in total. The van der Waals surface area contributed by atoms with Crippen LogP contribution in [0.1, 0.15) is 10.5 Å². The Labute approximate surface area is 163 Å². The fraction of sp³-hybridized carbons (Fsp3) is 0.333. The monoisotopic (exact) mass is 380 g/mol. The summed E-state index contributed by atoms with van der Waals surface area (Å²) in [5.41, 5.74) is 2.37. The van der Waals surface area contributed by atoms with Gasteiger partial charge in [0.15, 0.2) is 0 Å². The van der Waals surface area contributed by atoms with Crippen molar-refractivity contribution in [2.24, 2.45) is 14.1 Å². The maximum Gasteiger partial charge on any atom is 0.270 e. The molecule has 7 heteroatoms. The van der Waals surface area contributed by atoms with Gasteiger partial charge in [0.1, 0.15) is 11.4 Å². The van der Waals surface area contributed by atoms with E-state index in [0.717, 1.165) is 30.0 Å². The Morgan fingerprint density at radius 2 is 1.68 bits per heavy atom. The molecular weight excluding hydrogens is 356 g/mol. The number of amides is 1. The van der Waals surface area contributed by atoms with E-state index >= 15 is 0 Å². The van der Waals surface area contributed by atoms with Crippen LogP contribution in [0.15, 0.2) is 47.4 Å². The minimum absolute atomic E-state index is 0.0323. The number of benzene rings is 1. The second-order valence-electron chi connectivity index (χ2n) is 7.10. The van der Waals surface area contributed by atoms with Crippen molar-refractivity contribution in [2.75, 3.05) is 38.2 Å². The molecule has 4 rings (SSSR count). The van der Waals surface area contributed by atoms with E-state index in [4.69, 9.17) is 4.74 Å². The lowest BCUT2D eigenvalue weighted by molar-refractivity contribution is 0.0737. The number of aryl methyl sites for hydroxylation is 2. The summed E-state index contributed by atoms with van der Waals surface area (Å²) in [5.74, 6) is 0.801. The van der Waals surface area contributed by atoms with E-state index in [2.05, 4.69) is 4.90 Å². The number of fused-ring (bicyclic) bond motifs is 1. The second-order valence-corrected chi connectivity index (χ2v) is 7.10. The highest BCUT2D eigenvalue weighted by atomic mass is 16.5. The minimum Gasteiger partial charge on any atom is -0.497 e. The smallest absolute Gasteiger partial charge is 0.270 e. The minimum atomic E-state index is -0.0866. The number of anilines is 1. The molecule has 1 saturated heterocycles. The highest BCUT2D eigenvalue weighted by Crippen LogP contribution is 2.22. The van der Waals surface area contributed by atoms with Gasteiger partial charge in [0.25, 0.3) is 11.5 Å². The van der Waals surface area contributed by atoms with E-state index in [-0.39, 0.29) is 11.5 Å². The normalized spacial score (nSPS) is 14.5. The third-order valence-electron chi connectivity index (χ3n) is 5.51. The van der Waals surface area contributed by atoms with Crippen LogP contribution in [-0.4, -0.2) is 53.2 Å². The number of aromatic nitrogens is 2. The zero-order chi connectivity index (χ0) is 19.8. The lowest BCUT2D eigenvalue weighted by atomic mass is 10.2. The van der Waals surface area contributed by atoms with Gasteiger partial charge in [0.05, 0.1) is 18.0 Å². The third kappa shape index (κ3) is 3.02. The van der Waals surface area contributed by atoms with Crippen molar-refractivity contribution < 1.29 is 9.53 Å². The molecule has 146 valence electrons. The van der Waals surface area contributed by atoms with Crippen LogP contribution in [0, 0.1) is 0 Å². The number of carbonyl (C=O) groups is 1. The fourth-order valence-electron chi connectivity index (χ4n) is 3.76. The van der Waals surface area contributed by atoms with Gasteiger partial charge in [-0.05, 0) is 36.4 Å². The zero-order valence-corrected chi connectivity index (χ0v) is 16.4. The number of ether oxygens (including phenoxy) is 1. The number of pyridine rings is 1. The summed E-state index contributed by atoms with van der Waals surface area (Å²) >= 11 is 0. The maximum absolute atomic E-state index is 13.1. The number of rotatable bonds is 3. The van der Waals surface area contributed by atoms with Gasteiger partial charge in [-0.3, -0.25) is 9.59 Å². The standard InChI is InChI=1S/C21H24N4O3/c1-22-9-8-18-17(20(22)26)14-19(23(18)2)21(27)25-12-10-24(11-13-25)15-4-6-16(28-3)7-5-15/h4-9,14H,10-13H2,1-3H3. The first-order valence-corrected chi connectivity index (χ1v) is 9.33. The lowest BCUT2D eigenvalue weighted by Gasteiger charge is -2.36. The van der Waals surface area contributed by atoms with Crippen molar-refractivity contribution in [3.05, 3.63) is 58.6 Å². The van der Waals surface area contributed by atoms with Gasteiger partial charge in [0.2, 0.25) is 0 Å². The Bertz CT molecular complexity index is 1070. The van der Waals surface area contributed by atoms with Gasteiger partial charge in [0, 0.05) is 52.2 Å². The van der Waals surface area contributed by atoms with Crippen LogP contribution in [0.4, 0.5) is 5.69 Å². The molecule has 1 fully saturated rings. The zero-order valence-electron chi connectivity index (χ0n) is 16.4. The maximum atomic E-state index is 13.1. The molecule has 0 spiro atoms. The lowest BCUT2D eigenvalue weighted by Crippen LogP contribution is -2.49. The van der Waals surface area contributed by atoms with E-state index in [1.807, 2.05) is 46.8 Å². The van der Waals surface area contributed by atoms with Gasteiger partial charge >= 0.3 is 0 Å². The Balaban J connectivity index is 1.51. The van der Waals surface area contributed by atoms with Crippen molar-refractivity contribution in [2.45, 2.75) is 0 Å². The number of methoxy groups -OCH3 is 1. The van der Waals surface area contributed by atoms with Crippen LogP contribution in [0.5, 0.6) is 5.75 Å². The van der Waals surface area contributed by atoms with Gasteiger partial charge in [-0.1, -0.05) is 0 Å². The average Bonchev–Trinajstić information content (AvgIpc) is 3.07. The summed E-state index contributed by atoms with van der Waals surface area (Å²) < 4.78 is 8.55. The van der Waals surface area contributed by atoms with E-state index < -0.39 is 0 Å². The number of nitrogens with zero attached hydrogens (tertiary/aromatic N) is 4. The quantitative estimate of drug-likeness (QED) is 0.696. The van der Waals surface area contributed by atoms with Gasteiger partial charge in [-0.15, -0.1) is 0 Å². The summed E-state index contributed by atoms with van der Waals surface area (Å²) in [6, 6.07) is 11.6. The molecule has 1 aliphatic heterocycles. The van der Waals surface area contributed by atoms with Crippen molar-refractivity contribution in [1.29, 1.82) is 0 Å². The Morgan fingerprint density at radius 3 is 2.32 bits per heavy atom. The van der Waals surface area contributed by atoms with Crippen LogP contribution in [0.3, 0.4) is 0 Å². The molecule has 0 radical (unpaired) electrons. The first-order chi connectivity index (χ1) is 13.5. The molecule has 28 heavy (non-hydrogen) atoms. The van der Waals surface area contributed by atoms with E-state index in [1.165, 1.54) is 4.57 Å². The summed E-state index contributed by atoms with van der Waals surface area (Å²) in [5, 5.41) is 0.577. The van der Waals surface area contributed by atoms with Crippen LogP contribution < -0.4 is 15.2 Å². The Morgan fingerprint density at radius 1 is 1.00 bits per heavy atom. The van der Waals surface area contributed by atoms with Gasteiger partial charge < -0.3 is 23.7 Å². The molecule has 1 aromatic carbocycles. The number of hydrogen-bond donors (Lipinski definition) is 0. The molecule has 0 unspecified atom stereocenters. The SMILES string of the molecule is COc1ccc(N2CCN(C(=O)c3cc4c(=O)n(C)ccc4n3C)CC2)cc1. The Kier molecular flexibility index (Phi) is 4.58. The molecule has 0 aliphatic carbocycles. The molecule has 7 nitrogen and oxygen atoms in total. The van der Waals surface area contributed by atoms with Crippen LogP contribution in [0.25, 0.3) is 10.9 Å². The summed E-state index contributed by atoms with van der Waals surface area (Å²) in [7, 11) is 5.21. The highest BCUT2D eigenvalue weighted by Gasteiger charge is 2.25. The predicted molar refractivity (Wildman–Crippen MR) is 109 cm³/mol. The molecule has 3 heterocycles. The number of carbonyl (C=O) groups excluding carboxylic acids is 1. The first-order valence-electron chi connectivity index (χ1n) is 9.33. The van der Waals surface area contributed by atoms with Crippen LogP contribution in [-0.2, 0) is 14.1 Å². The van der Waals surface area contributed by atoms with Crippen LogP contribution in [0.2, 0.25) is 0 Å². The molecule has 1 aliphatic rings. The van der Waals surface area contributed by atoms with Crippen molar-refractivity contribution in [3.8, 4) is 5.75 Å². The summed E-state index contributed by atoms with van der Waals surface area (Å²) in [4.78, 5) is 29.5. The topological polar surface area (TPSA) is 59.7 Å². The Hall–Kier alpha value is -3.22. The number of hydrogen-bond acceptors (Lipinski definition) is 4. The molecule has 3 aromatic rings. The average molecular weight is 380 g/mol. The van der Waals surface area contributed by atoms with Crippen molar-refractivity contribution in [1.82, 2.24) is 14.0 Å². The predicted octanol–water partition coefficient (Wildman–Crippen LogP) is 1.85. The van der Waals surface area contributed by atoms with Crippen molar-refractivity contribution in [3.63, 3.8) is 0 Å². The molecule has 0 atom stereocenters. The summed E-state index contributed by atoms with van der Waals surface area (Å²) in [6.07, 6.45) is 1.73. The molecule has 2 aromatic heterocycles. The molecule has 0 bridgehead atoms. The number of piperazine rings is 1. The van der Waals surface area contributed by atoms with Gasteiger partial charge in [-0.25, -0.2) is 0 Å². The molecule has 1 amide bonds. The summed E-state index contributed by atoms with van der Waals surface area (Å²) in [6.45, 7) is 2.82.